The molecule has 0 atom stereocenters. The summed E-state index contributed by atoms with van der Waals surface area (Å²) in [5.41, 5.74) is 2.48. The topological polar surface area (TPSA) is 59.6 Å². The lowest BCUT2D eigenvalue weighted by Crippen LogP contribution is -2.37. The van der Waals surface area contributed by atoms with Crippen molar-refractivity contribution in [1.82, 2.24) is 5.43 Å². The molecule has 4 nitrogen and oxygen atoms in total. The summed E-state index contributed by atoms with van der Waals surface area (Å²) in [6.07, 6.45) is 4.93. The van der Waals surface area contributed by atoms with E-state index in [4.69, 9.17) is 10.6 Å². The third-order valence-electron chi connectivity index (χ3n) is 2.47. The maximum Gasteiger partial charge on any atom is 0.137 e. The lowest BCUT2D eigenvalue weighted by atomic mass is 10.2. The van der Waals surface area contributed by atoms with Gasteiger partial charge in [0.2, 0.25) is 0 Å². The van der Waals surface area contributed by atoms with E-state index in [0.717, 1.165) is 5.84 Å². The molecule has 15 heavy (non-hydrogen) atoms. The van der Waals surface area contributed by atoms with E-state index in [9.17, 15) is 0 Å². The van der Waals surface area contributed by atoms with E-state index < -0.39 is 0 Å². The van der Waals surface area contributed by atoms with Crippen molar-refractivity contribution in [2.45, 2.75) is 58.1 Å². The normalized spacial score (nSPS) is 19.6. The minimum atomic E-state index is -0.146. The Hall–Kier alpha value is -0.610. The predicted octanol–water partition coefficient (Wildman–Crippen LogP) is 1.61. The predicted molar refractivity (Wildman–Crippen MR) is 62.7 cm³/mol. The molecule has 0 spiro atoms. The average Bonchev–Trinajstić information content (AvgIpc) is 2.63. The number of aliphatic imine (C=N–C) groups is 1. The molecule has 1 aliphatic carbocycles. The summed E-state index contributed by atoms with van der Waals surface area (Å²) in [4.78, 5) is 4.55. The summed E-state index contributed by atoms with van der Waals surface area (Å²) in [5, 5.41) is 0. The molecule has 0 aromatic rings. The first-order valence-electron chi connectivity index (χ1n) is 5.68. The monoisotopic (exact) mass is 213 g/mol. The zero-order valence-electron chi connectivity index (χ0n) is 10.0. The van der Waals surface area contributed by atoms with Crippen LogP contribution in [0.3, 0.4) is 0 Å². The molecular formula is C11H23N3O. The largest absolute Gasteiger partial charge is 0.368 e. The standard InChI is InChI=1S/C11H23N3O/c1-11(2,3)15-8-10(14-12)13-9-6-4-5-7-9/h9H,4-8,12H2,1-3H3,(H,13,14). The zero-order valence-corrected chi connectivity index (χ0v) is 10.0. The smallest absolute Gasteiger partial charge is 0.137 e. The molecule has 0 bridgehead atoms. The molecule has 1 aliphatic rings. The fourth-order valence-corrected chi connectivity index (χ4v) is 1.65. The Labute approximate surface area is 92.3 Å². The molecular weight excluding hydrogens is 190 g/mol. The van der Waals surface area contributed by atoms with Crippen LogP contribution in [0.4, 0.5) is 0 Å². The molecule has 0 unspecified atom stereocenters. The van der Waals surface area contributed by atoms with Gasteiger partial charge in [-0.25, -0.2) is 5.84 Å². The molecule has 0 aliphatic heterocycles. The molecule has 0 aromatic carbocycles. The van der Waals surface area contributed by atoms with Gasteiger partial charge >= 0.3 is 0 Å². The quantitative estimate of drug-likeness (QED) is 0.324. The van der Waals surface area contributed by atoms with E-state index in [1.807, 2.05) is 20.8 Å². The van der Waals surface area contributed by atoms with E-state index >= 15 is 0 Å². The van der Waals surface area contributed by atoms with E-state index in [0.29, 0.717) is 12.6 Å². The zero-order chi connectivity index (χ0) is 11.3. The third-order valence-corrected chi connectivity index (χ3v) is 2.47. The SMILES string of the molecule is CC(C)(C)OCC(=NC1CCCC1)NN. The van der Waals surface area contributed by atoms with Crippen LogP contribution in [0.25, 0.3) is 0 Å². The first-order valence-corrected chi connectivity index (χ1v) is 5.68. The second-order valence-electron chi connectivity index (χ2n) is 5.06. The fourth-order valence-electron chi connectivity index (χ4n) is 1.65. The first kappa shape index (κ1) is 12.5. The van der Waals surface area contributed by atoms with Gasteiger partial charge in [0.15, 0.2) is 0 Å². The van der Waals surface area contributed by atoms with Crippen LogP contribution in [-0.4, -0.2) is 24.1 Å². The van der Waals surface area contributed by atoms with Crippen molar-refractivity contribution >= 4 is 5.84 Å². The van der Waals surface area contributed by atoms with Crippen molar-refractivity contribution in [3.8, 4) is 0 Å². The van der Waals surface area contributed by atoms with Crippen LogP contribution in [-0.2, 0) is 4.74 Å². The fraction of sp³-hybridized carbons (Fsp3) is 0.909. The minimum Gasteiger partial charge on any atom is -0.368 e. The third kappa shape index (κ3) is 5.14. The Morgan fingerprint density at radius 2 is 2.00 bits per heavy atom. The summed E-state index contributed by atoms with van der Waals surface area (Å²) in [6.45, 7) is 6.54. The van der Waals surface area contributed by atoms with E-state index in [-0.39, 0.29) is 5.60 Å². The molecule has 1 rings (SSSR count). The second kappa shape index (κ2) is 5.47. The number of hydrazine groups is 1. The van der Waals surface area contributed by atoms with Crippen LogP contribution in [0, 0.1) is 0 Å². The molecule has 0 saturated heterocycles. The number of amidine groups is 1. The van der Waals surface area contributed by atoms with Crippen molar-refractivity contribution in [3.63, 3.8) is 0 Å². The van der Waals surface area contributed by atoms with Crippen LogP contribution < -0.4 is 11.3 Å². The van der Waals surface area contributed by atoms with Crippen LogP contribution in [0.5, 0.6) is 0 Å². The molecule has 0 radical (unpaired) electrons. The Morgan fingerprint density at radius 1 is 1.40 bits per heavy atom. The maximum absolute atomic E-state index is 5.62. The number of nitrogens with zero attached hydrogens (tertiary/aromatic N) is 1. The number of hydrogen-bond acceptors (Lipinski definition) is 3. The molecule has 1 fully saturated rings. The van der Waals surface area contributed by atoms with Gasteiger partial charge in [-0.1, -0.05) is 12.8 Å². The molecule has 0 amide bonds. The summed E-state index contributed by atoms with van der Waals surface area (Å²) in [6, 6.07) is 0.444. The Balaban J connectivity index is 2.40. The number of rotatable bonds is 3. The van der Waals surface area contributed by atoms with Crippen molar-refractivity contribution in [2.75, 3.05) is 6.61 Å². The first-order chi connectivity index (χ1) is 7.01. The van der Waals surface area contributed by atoms with Crippen LogP contribution in [0.1, 0.15) is 46.5 Å². The number of nitrogens with two attached hydrogens (primary N) is 1. The average molecular weight is 213 g/mol. The van der Waals surface area contributed by atoms with Crippen LogP contribution in [0.15, 0.2) is 4.99 Å². The Morgan fingerprint density at radius 3 is 2.47 bits per heavy atom. The van der Waals surface area contributed by atoms with Gasteiger partial charge in [-0.2, -0.15) is 0 Å². The lowest BCUT2D eigenvalue weighted by Gasteiger charge is -2.20. The highest BCUT2D eigenvalue weighted by atomic mass is 16.5. The molecule has 4 heteroatoms. The van der Waals surface area contributed by atoms with Gasteiger partial charge in [-0.05, 0) is 33.6 Å². The summed E-state index contributed by atoms with van der Waals surface area (Å²) >= 11 is 0. The molecule has 88 valence electrons. The molecule has 1 saturated carbocycles. The van der Waals surface area contributed by atoms with Gasteiger partial charge < -0.3 is 10.2 Å². The summed E-state index contributed by atoms with van der Waals surface area (Å²) in [7, 11) is 0. The summed E-state index contributed by atoms with van der Waals surface area (Å²) < 4.78 is 5.62. The second-order valence-corrected chi connectivity index (χ2v) is 5.06. The minimum absolute atomic E-state index is 0.146. The van der Waals surface area contributed by atoms with Gasteiger partial charge in [0.1, 0.15) is 12.4 Å². The number of ether oxygens (including phenoxy) is 1. The molecule has 0 aromatic heterocycles. The van der Waals surface area contributed by atoms with Gasteiger partial charge in [-0.15, -0.1) is 0 Å². The highest BCUT2D eigenvalue weighted by molar-refractivity contribution is 5.83. The highest BCUT2D eigenvalue weighted by Crippen LogP contribution is 2.20. The maximum atomic E-state index is 5.62. The Kier molecular flexibility index (Phi) is 4.54. The van der Waals surface area contributed by atoms with Gasteiger partial charge in [0.05, 0.1) is 11.6 Å². The van der Waals surface area contributed by atoms with E-state index in [1.165, 1.54) is 25.7 Å². The highest BCUT2D eigenvalue weighted by Gasteiger charge is 2.16. The number of nitrogens with one attached hydrogen (secondary N) is 1. The van der Waals surface area contributed by atoms with Gasteiger partial charge in [0.25, 0.3) is 0 Å². The summed E-state index contributed by atoms with van der Waals surface area (Å²) in [5.74, 6) is 6.18. The van der Waals surface area contributed by atoms with E-state index in [2.05, 4.69) is 10.4 Å². The van der Waals surface area contributed by atoms with Crippen molar-refractivity contribution in [3.05, 3.63) is 0 Å². The lowest BCUT2D eigenvalue weighted by molar-refractivity contribution is 0.0201. The van der Waals surface area contributed by atoms with Gasteiger partial charge in [-0.3, -0.25) is 4.99 Å². The van der Waals surface area contributed by atoms with Crippen LogP contribution in [0.2, 0.25) is 0 Å². The number of hydrogen-bond donors (Lipinski definition) is 2. The van der Waals surface area contributed by atoms with Crippen molar-refractivity contribution in [2.24, 2.45) is 10.8 Å². The molecule has 0 heterocycles. The van der Waals surface area contributed by atoms with Gasteiger partial charge in [0, 0.05) is 0 Å². The van der Waals surface area contributed by atoms with Crippen LogP contribution >= 0.6 is 0 Å². The molecule has 3 N–H and O–H groups in total. The van der Waals surface area contributed by atoms with E-state index in [1.54, 1.807) is 0 Å². The van der Waals surface area contributed by atoms with Crippen molar-refractivity contribution in [1.29, 1.82) is 0 Å². The van der Waals surface area contributed by atoms with Crippen molar-refractivity contribution < 1.29 is 4.74 Å². The Bertz CT molecular complexity index is 214.